The molecule has 2 aromatic rings. The lowest BCUT2D eigenvalue weighted by atomic mass is 9.95. The summed E-state index contributed by atoms with van der Waals surface area (Å²) in [7, 11) is 3.84. The van der Waals surface area contributed by atoms with E-state index in [9.17, 15) is 19.1 Å². The highest BCUT2D eigenvalue weighted by atomic mass is 19.1. The number of aliphatic hydroxyl groups excluding tert-OH is 1. The van der Waals surface area contributed by atoms with Crippen LogP contribution < -0.4 is 0 Å². The molecular formula is C22H25FN4O3. The van der Waals surface area contributed by atoms with Crippen molar-refractivity contribution in [3.63, 3.8) is 0 Å². The summed E-state index contributed by atoms with van der Waals surface area (Å²) >= 11 is 0. The molecule has 1 saturated heterocycles. The molecule has 0 spiro atoms. The molecule has 0 aliphatic carbocycles. The quantitative estimate of drug-likeness (QED) is 0.446. The number of rotatable bonds is 6. The van der Waals surface area contributed by atoms with Crippen LogP contribution in [0.3, 0.4) is 0 Å². The second-order valence-electron chi connectivity index (χ2n) is 7.62. The molecule has 0 bridgehead atoms. The Labute approximate surface area is 174 Å². The number of amides is 1. The van der Waals surface area contributed by atoms with E-state index in [2.05, 4.69) is 9.97 Å². The largest absolute Gasteiger partial charge is 0.507 e. The number of benzene rings is 1. The summed E-state index contributed by atoms with van der Waals surface area (Å²) in [6.45, 7) is 4.47. The molecule has 1 N–H and O–H groups in total. The number of nitrogens with zero attached hydrogens (tertiary/aromatic N) is 4. The van der Waals surface area contributed by atoms with Gasteiger partial charge >= 0.3 is 0 Å². The number of aromatic nitrogens is 2. The van der Waals surface area contributed by atoms with Gasteiger partial charge in [0.25, 0.3) is 11.7 Å². The van der Waals surface area contributed by atoms with Crippen molar-refractivity contribution in [3.05, 3.63) is 64.5 Å². The highest BCUT2D eigenvalue weighted by Gasteiger charge is 2.46. The molecule has 1 aromatic carbocycles. The number of Topliss-reactive ketones (excluding diaryl/α,β-unsaturated/α-hetero) is 1. The lowest BCUT2D eigenvalue weighted by molar-refractivity contribution is -0.139. The molecule has 3 rings (SSSR count). The minimum atomic E-state index is -0.812. The van der Waals surface area contributed by atoms with E-state index >= 15 is 0 Å². The fraction of sp³-hybridized carbons (Fsp3) is 0.364. The van der Waals surface area contributed by atoms with Gasteiger partial charge in [0, 0.05) is 12.7 Å². The fourth-order valence-electron chi connectivity index (χ4n) is 3.62. The number of hydrogen-bond acceptors (Lipinski definition) is 6. The summed E-state index contributed by atoms with van der Waals surface area (Å²) in [4.78, 5) is 37.5. The van der Waals surface area contributed by atoms with Crippen LogP contribution in [0.2, 0.25) is 0 Å². The Bertz CT molecular complexity index is 1000. The normalized spacial score (nSPS) is 18.5. The van der Waals surface area contributed by atoms with Crippen LogP contribution in [0.4, 0.5) is 4.39 Å². The minimum absolute atomic E-state index is 0.0352. The zero-order chi connectivity index (χ0) is 22.0. The fourth-order valence-corrected chi connectivity index (χ4v) is 3.62. The molecule has 0 saturated carbocycles. The number of aryl methyl sites for hydroxylation is 2. The maximum absolute atomic E-state index is 13.5. The van der Waals surface area contributed by atoms with Gasteiger partial charge in [-0.15, -0.1) is 0 Å². The average Bonchev–Trinajstić information content (AvgIpc) is 2.93. The summed E-state index contributed by atoms with van der Waals surface area (Å²) in [5.74, 6) is -1.67. The van der Waals surface area contributed by atoms with E-state index in [1.54, 1.807) is 13.8 Å². The molecule has 1 fully saturated rings. The summed E-state index contributed by atoms with van der Waals surface area (Å²) < 4.78 is 13.5. The average molecular weight is 412 g/mol. The number of aliphatic hydroxyl groups is 1. The molecule has 1 atom stereocenters. The van der Waals surface area contributed by atoms with Crippen molar-refractivity contribution in [1.29, 1.82) is 0 Å². The van der Waals surface area contributed by atoms with Crippen LogP contribution in [-0.2, 0) is 9.59 Å². The monoisotopic (exact) mass is 412 g/mol. The molecule has 158 valence electrons. The number of likely N-dealkylation sites (tertiary alicyclic amines) is 1. The Kier molecular flexibility index (Phi) is 6.26. The molecule has 0 radical (unpaired) electrons. The van der Waals surface area contributed by atoms with E-state index in [4.69, 9.17) is 0 Å². The van der Waals surface area contributed by atoms with Gasteiger partial charge in [0.15, 0.2) is 0 Å². The van der Waals surface area contributed by atoms with Crippen LogP contribution in [0.5, 0.6) is 0 Å². The number of carbonyl (C=O) groups excluding carboxylic acids is 2. The second kappa shape index (κ2) is 8.71. The highest BCUT2D eigenvalue weighted by Crippen LogP contribution is 2.39. The SMILES string of the molecule is Cc1ncc(C(O)=C2C(=O)C(=O)N(CCCN(C)C)[C@H]2c2ccc(F)cc2)c(C)n1. The summed E-state index contributed by atoms with van der Waals surface area (Å²) in [5, 5.41) is 11.0. The minimum Gasteiger partial charge on any atom is -0.507 e. The van der Waals surface area contributed by atoms with Crippen molar-refractivity contribution in [3.8, 4) is 0 Å². The first-order valence-corrected chi connectivity index (χ1v) is 9.70. The second-order valence-corrected chi connectivity index (χ2v) is 7.62. The van der Waals surface area contributed by atoms with E-state index in [1.807, 2.05) is 19.0 Å². The molecule has 7 nitrogen and oxygen atoms in total. The van der Waals surface area contributed by atoms with Gasteiger partial charge in [-0.3, -0.25) is 9.59 Å². The van der Waals surface area contributed by atoms with Crippen LogP contribution in [0.1, 0.15) is 35.1 Å². The first-order chi connectivity index (χ1) is 14.2. The van der Waals surface area contributed by atoms with Gasteiger partial charge in [0.2, 0.25) is 0 Å². The van der Waals surface area contributed by atoms with E-state index in [0.717, 1.165) is 6.54 Å². The first-order valence-electron chi connectivity index (χ1n) is 9.70. The van der Waals surface area contributed by atoms with Gasteiger partial charge in [-0.1, -0.05) is 12.1 Å². The third-order valence-electron chi connectivity index (χ3n) is 5.08. The summed E-state index contributed by atoms with van der Waals surface area (Å²) in [6.07, 6.45) is 2.08. The van der Waals surface area contributed by atoms with Crippen molar-refractivity contribution < 1.29 is 19.1 Å². The molecule has 1 aromatic heterocycles. The lowest BCUT2D eigenvalue weighted by Gasteiger charge is -2.26. The predicted molar refractivity (Wildman–Crippen MR) is 110 cm³/mol. The predicted octanol–water partition coefficient (Wildman–Crippen LogP) is 2.61. The highest BCUT2D eigenvalue weighted by molar-refractivity contribution is 6.46. The van der Waals surface area contributed by atoms with Crippen LogP contribution in [0, 0.1) is 19.7 Å². The molecule has 2 heterocycles. The van der Waals surface area contributed by atoms with Crippen LogP contribution in [0.15, 0.2) is 36.0 Å². The molecular weight excluding hydrogens is 387 g/mol. The van der Waals surface area contributed by atoms with Crippen molar-refractivity contribution in [2.45, 2.75) is 26.3 Å². The maximum Gasteiger partial charge on any atom is 0.295 e. The van der Waals surface area contributed by atoms with Crippen molar-refractivity contribution in [2.24, 2.45) is 0 Å². The Morgan fingerprint density at radius 2 is 1.87 bits per heavy atom. The van der Waals surface area contributed by atoms with Crippen LogP contribution in [-0.4, -0.2) is 63.7 Å². The molecule has 1 aliphatic heterocycles. The van der Waals surface area contributed by atoms with Gasteiger partial charge in [0.05, 0.1) is 22.9 Å². The van der Waals surface area contributed by atoms with E-state index in [1.165, 1.54) is 35.4 Å². The Morgan fingerprint density at radius 3 is 2.47 bits per heavy atom. The Hall–Kier alpha value is -3.13. The smallest absolute Gasteiger partial charge is 0.295 e. The van der Waals surface area contributed by atoms with Gasteiger partial charge in [-0.25, -0.2) is 14.4 Å². The van der Waals surface area contributed by atoms with E-state index in [0.29, 0.717) is 35.6 Å². The topological polar surface area (TPSA) is 86.6 Å². The van der Waals surface area contributed by atoms with Crippen molar-refractivity contribution in [2.75, 3.05) is 27.2 Å². The van der Waals surface area contributed by atoms with Crippen molar-refractivity contribution in [1.82, 2.24) is 19.8 Å². The van der Waals surface area contributed by atoms with Crippen molar-refractivity contribution >= 4 is 17.4 Å². The summed E-state index contributed by atoms with van der Waals surface area (Å²) in [5.41, 5.74) is 1.30. The van der Waals surface area contributed by atoms with Gasteiger partial charge < -0.3 is 14.9 Å². The first kappa shape index (κ1) is 21.6. The number of hydrogen-bond donors (Lipinski definition) is 1. The standard InChI is InChI=1S/C22H25FN4O3/c1-13-17(12-24-14(2)25-13)20(28)18-19(15-6-8-16(23)9-7-15)27(22(30)21(18)29)11-5-10-26(3)4/h6-9,12,19,28H,5,10-11H2,1-4H3/t19-/m0/s1. The molecule has 0 unspecified atom stereocenters. The van der Waals surface area contributed by atoms with Crippen LogP contribution in [0.25, 0.3) is 5.76 Å². The Morgan fingerprint density at radius 1 is 1.20 bits per heavy atom. The molecule has 1 aliphatic rings. The molecule has 8 heteroatoms. The summed E-state index contributed by atoms with van der Waals surface area (Å²) in [6, 6.07) is 4.78. The molecule has 1 amide bonds. The third kappa shape index (κ3) is 4.23. The maximum atomic E-state index is 13.5. The number of carbonyl (C=O) groups is 2. The molecule has 30 heavy (non-hydrogen) atoms. The van der Waals surface area contributed by atoms with Gasteiger partial charge in [-0.05, 0) is 58.6 Å². The number of halogens is 1. The Balaban J connectivity index is 2.12. The van der Waals surface area contributed by atoms with E-state index < -0.39 is 23.5 Å². The zero-order valence-electron chi connectivity index (χ0n) is 17.5. The van der Waals surface area contributed by atoms with E-state index in [-0.39, 0.29) is 11.3 Å². The number of ketones is 1. The van der Waals surface area contributed by atoms with Gasteiger partial charge in [0.1, 0.15) is 17.4 Å². The third-order valence-corrected chi connectivity index (χ3v) is 5.08. The zero-order valence-corrected chi connectivity index (χ0v) is 17.5. The van der Waals surface area contributed by atoms with Crippen LogP contribution >= 0.6 is 0 Å². The lowest BCUT2D eigenvalue weighted by Crippen LogP contribution is -2.32. The van der Waals surface area contributed by atoms with Gasteiger partial charge in [-0.2, -0.15) is 0 Å².